The molecule has 11 heteroatoms. The predicted octanol–water partition coefficient (Wildman–Crippen LogP) is 8.44. The first kappa shape index (κ1) is 26.6. The molecule has 0 atom stereocenters. The van der Waals surface area contributed by atoms with E-state index in [1.807, 2.05) is 0 Å². The van der Waals surface area contributed by atoms with Crippen LogP contribution in [0.5, 0.6) is 0 Å². The molecule has 2 fully saturated rings. The Bertz CT molecular complexity index is 1540. The summed E-state index contributed by atoms with van der Waals surface area (Å²) in [5.74, 6) is -1.67. The van der Waals surface area contributed by atoms with Gasteiger partial charge in [0.15, 0.2) is 5.82 Å². The maximum Gasteiger partial charge on any atom is 0.343 e. The molecule has 0 radical (unpaired) electrons. The molecule has 2 heterocycles. The predicted molar refractivity (Wildman–Crippen MR) is 145 cm³/mol. The summed E-state index contributed by atoms with van der Waals surface area (Å²) in [5.41, 5.74) is 1.68. The molecule has 0 bridgehead atoms. The number of carbonyl (C=O) groups excluding carboxylic acids is 1. The maximum absolute atomic E-state index is 14.9. The number of methoxy groups -OCH3 is 1. The van der Waals surface area contributed by atoms with Crippen LogP contribution in [0, 0.1) is 11.6 Å². The van der Waals surface area contributed by atoms with Gasteiger partial charge in [0.2, 0.25) is 0 Å². The van der Waals surface area contributed by atoms with Crippen LogP contribution in [-0.2, 0) is 16.1 Å². The van der Waals surface area contributed by atoms with Crippen molar-refractivity contribution in [3.63, 3.8) is 0 Å². The van der Waals surface area contributed by atoms with Gasteiger partial charge in [0, 0.05) is 29.0 Å². The number of fused-ring (bicyclic) bond motifs is 1. The Morgan fingerprint density at radius 2 is 1.79 bits per heavy atom. The zero-order valence-corrected chi connectivity index (χ0v) is 23.3. The van der Waals surface area contributed by atoms with Gasteiger partial charge >= 0.3 is 5.97 Å². The summed E-state index contributed by atoms with van der Waals surface area (Å²) in [6.07, 6.45) is 5.29. The van der Waals surface area contributed by atoms with Crippen molar-refractivity contribution in [2.45, 2.75) is 63.1 Å². The van der Waals surface area contributed by atoms with Gasteiger partial charge in [-0.25, -0.2) is 18.6 Å². The number of hydrogen-bond donors (Lipinski definition) is 0. The topological polar surface area (TPSA) is 74.5 Å². The fourth-order valence-corrected chi connectivity index (χ4v) is 6.94. The number of carbonyl (C=O) groups is 1. The largest absolute Gasteiger partial charge is 0.465 e. The first-order chi connectivity index (χ1) is 18.9. The SMILES string of the molecule is COC(=O)c1c(F)cc2nc(C3CCC(OCc4c(-c5c(Cl)cccc5Cl)noc4C4CC4)CC3)sc2c1F. The molecule has 2 aliphatic rings. The van der Waals surface area contributed by atoms with Crippen molar-refractivity contribution in [1.82, 2.24) is 10.1 Å². The number of benzene rings is 2. The molecular formula is C28H24Cl2F2N2O4S. The van der Waals surface area contributed by atoms with Crippen LogP contribution in [0.3, 0.4) is 0 Å². The maximum atomic E-state index is 14.9. The van der Waals surface area contributed by atoms with E-state index in [1.165, 1.54) is 0 Å². The molecule has 0 aliphatic heterocycles. The average molecular weight is 593 g/mol. The zero-order valence-electron chi connectivity index (χ0n) is 20.9. The summed E-state index contributed by atoms with van der Waals surface area (Å²) in [5, 5.41) is 6.07. The van der Waals surface area contributed by atoms with Crippen LogP contribution in [0.15, 0.2) is 28.8 Å². The summed E-state index contributed by atoms with van der Waals surface area (Å²) in [4.78, 5) is 16.3. The van der Waals surface area contributed by atoms with E-state index in [0.29, 0.717) is 33.8 Å². The van der Waals surface area contributed by atoms with Crippen molar-refractivity contribution < 1.29 is 27.6 Å². The summed E-state index contributed by atoms with van der Waals surface area (Å²) in [6.45, 7) is 0.337. The Balaban J connectivity index is 1.16. The van der Waals surface area contributed by atoms with E-state index < -0.39 is 23.2 Å². The summed E-state index contributed by atoms with van der Waals surface area (Å²) in [7, 11) is 1.09. The number of aromatic nitrogens is 2. The number of hydrogen-bond acceptors (Lipinski definition) is 7. The van der Waals surface area contributed by atoms with E-state index in [2.05, 4.69) is 14.9 Å². The van der Waals surface area contributed by atoms with Crippen LogP contribution >= 0.6 is 34.5 Å². The van der Waals surface area contributed by atoms with E-state index in [9.17, 15) is 13.6 Å². The Labute approximate surface area is 237 Å². The van der Waals surface area contributed by atoms with Crippen LogP contribution < -0.4 is 0 Å². The Morgan fingerprint density at radius 3 is 2.46 bits per heavy atom. The first-order valence-corrected chi connectivity index (χ1v) is 14.3. The Hall–Kier alpha value is -2.59. The fourth-order valence-electron chi connectivity index (χ4n) is 5.20. The summed E-state index contributed by atoms with van der Waals surface area (Å²) < 4.78 is 46.1. The Kier molecular flexibility index (Phi) is 7.35. The molecule has 6 nitrogen and oxygen atoms in total. The molecule has 0 N–H and O–H groups in total. The van der Waals surface area contributed by atoms with Crippen LogP contribution in [0.2, 0.25) is 10.0 Å². The van der Waals surface area contributed by atoms with Crippen molar-refractivity contribution in [2.24, 2.45) is 0 Å². The van der Waals surface area contributed by atoms with Gasteiger partial charge in [0.05, 0.1) is 45.1 Å². The fraction of sp³-hybridized carbons (Fsp3) is 0.393. The number of ether oxygens (including phenoxy) is 2. The van der Waals surface area contributed by atoms with E-state index in [1.54, 1.807) is 18.2 Å². The van der Waals surface area contributed by atoms with Gasteiger partial charge in [-0.15, -0.1) is 11.3 Å². The number of esters is 1. The van der Waals surface area contributed by atoms with E-state index >= 15 is 0 Å². The third kappa shape index (κ3) is 5.06. The lowest BCUT2D eigenvalue weighted by Crippen LogP contribution is -2.21. The lowest BCUT2D eigenvalue weighted by atomic mass is 9.88. The first-order valence-electron chi connectivity index (χ1n) is 12.8. The number of nitrogens with zero attached hydrogens (tertiary/aromatic N) is 2. The highest BCUT2D eigenvalue weighted by molar-refractivity contribution is 7.18. The summed E-state index contributed by atoms with van der Waals surface area (Å²) in [6, 6.07) is 6.44. The van der Waals surface area contributed by atoms with Gasteiger partial charge in [0.1, 0.15) is 22.8 Å². The van der Waals surface area contributed by atoms with Crippen molar-refractivity contribution in [3.8, 4) is 11.3 Å². The van der Waals surface area contributed by atoms with Gasteiger partial charge in [-0.2, -0.15) is 0 Å². The minimum Gasteiger partial charge on any atom is -0.465 e. The number of thiazole rings is 1. The van der Waals surface area contributed by atoms with Crippen LogP contribution in [0.1, 0.15) is 77.1 Å². The standard InChI is InChI=1S/C28H24Cl2F2N2O4S/c1-36-28(35)22-19(31)11-20-26(23(22)32)39-27(33-20)14-7-9-15(10-8-14)37-12-16-24(34-38-25(16)13-5-6-13)21-17(29)3-2-4-18(21)30/h2-4,11,13-15H,5-10,12H2,1H3. The minimum atomic E-state index is -1.04. The van der Waals surface area contributed by atoms with Crippen molar-refractivity contribution in [3.05, 3.63) is 67.8 Å². The van der Waals surface area contributed by atoms with Gasteiger partial charge in [-0.05, 0) is 50.7 Å². The van der Waals surface area contributed by atoms with Crippen LogP contribution in [0.25, 0.3) is 21.5 Å². The van der Waals surface area contributed by atoms with Crippen LogP contribution in [-0.4, -0.2) is 29.3 Å². The lowest BCUT2D eigenvalue weighted by Gasteiger charge is -2.27. The molecule has 2 aliphatic carbocycles. The highest BCUT2D eigenvalue weighted by atomic mass is 35.5. The van der Waals surface area contributed by atoms with Gasteiger partial charge < -0.3 is 14.0 Å². The molecular weight excluding hydrogens is 569 g/mol. The molecule has 6 rings (SSSR count). The minimum absolute atomic E-state index is 0.0206. The third-order valence-corrected chi connectivity index (χ3v) is 9.29. The monoisotopic (exact) mass is 592 g/mol. The third-order valence-electron chi connectivity index (χ3n) is 7.43. The van der Waals surface area contributed by atoms with Gasteiger partial charge in [-0.1, -0.05) is 34.4 Å². The molecule has 4 aromatic rings. The molecule has 2 aromatic heterocycles. The van der Waals surface area contributed by atoms with Crippen LogP contribution in [0.4, 0.5) is 8.78 Å². The van der Waals surface area contributed by atoms with E-state index in [4.69, 9.17) is 32.5 Å². The molecule has 39 heavy (non-hydrogen) atoms. The lowest BCUT2D eigenvalue weighted by molar-refractivity contribution is 0.0129. The molecule has 2 aromatic carbocycles. The zero-order chi connectivity index (χ0) is 27.3. The second-order valence-corrected chi connectivity index (χ2v) is 11.8. The second kappa shape index (κ2) is 10.8. The highest BCUT2D eigenvalue weighted by Crippen LogP contribution is 2.46. The van der Waals surface area contributed by atoms with Gasteiger partial charge in [0.25, 0.3) is 0 Å². The smallest absolute Gasteiger partial charge is 0.343 e. The normalized spacial score (nSPS) is 19.5. The van der Waals surface area contributed by atoms with E-state index in [-0.39, 0.29) is 22.2 Å². The van der Waals surface area contributed by atoms with E-state index in [0.717, 1.165) is 79.4 Å². The van der Waals surface area contributed by atoms with Gasteiger partial charge in [-0.3, -0.25) is 0 Å². The summed E-state index contributed by atoms with van der Waals surface area (Å²) >= 11 is 14.1. The molecule has 0 spiro atoms. The number of rotatable bonds is 7. The highest BCUT2D eigenvalue weighted by Gasteiger charge is 2.34. The molecule has 0 saturated heterocycles. The Morgan fingerprint density at radius 1 is 1.10 bits per heavy atom. The molecule has 204 valence electrons. The number of halogens is 4. The quantitative estimate of drug-likeness (QED) is 0.200. The average Bonchev–Trinajstić information content (AvgIpc) is 3.54. The molecule has 0 unspecified atom stereocenters. The molecule has 2 saturated carbocycles. The second-order valence-electron chi connectivity index (χ2n) is 9.97. The van der Waals surface area contributed by atoms with Crippen molar-refractivity contribution in [2.75, 3.05) is 7.11 Å². The van der Waals surface area contributed by atoms with Crippen molar-refractivity contribution >= 4 is 50.7 Å². The van der Waals surface area contributed by atoms with Crippen molar-refractivity contribution in [1.29, 1.82) is 0 Å². The molecule has 0 amide bonds.